The Balaban J connectivity index is 2.71. The number of nitro benzene ring substituents is 1. The van der Waals surface area contributed by atoms with Crippen molar-refractivity contribution in [3.05, 3.63) is 50.5 Å². The number of aromatic nitrogens is 1. The number of nitro groups is 1. The van der Waals surface area contributed by atoms with Crippen LogP contribution in [0.2, 0.25) is 0 Å². The average molecular weight is 459 g/mol. The molecule has 0 fully saturated rings. The van der Waals surface area contributed by atoms with Crippen LogP contribution in [0.3, 0.4) is 0 Å². The van der Waals surface area contributed by atoms with Crippen molar-refractivity contribution >= 4 is 16.6 Å². The maximum atomic E-state index is 13.6. The lowest BCUT2D eigenvalue weighted by Gasteiger charge is -2.20. The van der Waals surface area contributed by atoms with E-state index in [2.05, 4.69) is 20.8 Å². The number of pyridine rings is 1. The summed E-state index contributed by atoms with van der Waals surface area (Å²) in [7, 11) is 0. The summed E-state index contributed by atoms with van der Waals surface area (Å²) in [4.78, 5) is 24.7. The Kier molecular flexibility index (Phi) is 10.4. The van der Waals surface area contributed by atoms with Gasteiger partial charge in [-0.1, -0.05) is 53.4 Å². The molecule has 2 rings (SSSR count). The standard InChI is InChI=1S/C26H38N2O5/c1-6-10-11-12-16-27-23-17-20(28(30)31)14-15-22(23)24(33-21(8-3)9-4)25(26(27)29)32-18-19(5)13-7-2/h8,14-15,17,19H,6-7,9-13,16,18H2,1-5H3. The van der Waals surface area contributed by atoms with E-state index in [1.54, 1.807) is 10.6 Å². The third kappa shape index (κ3) is 6.83. The number of aryl methyl sites for hydroxylation is 1. The number of nitrogens with zero attached hydrogens (tertiary/aromatic N) is 2. The van der Waals surface area contributed by atoms with Crippen molar-refractivity contribution in [3.63, 3.8) is 0 Å². The van der Waals surface area contributed by atoms with E-state index >= 15 is 0 Å². The van der Waals surface area contributed by atoms with Crippen molar-refractivity contribution in [2.24, 2.45) is 5.92 Å². The summed E-state index contributed by atoms with van der Waals surface area (Å²) in [6.45, 7) is 11.1. The molecule has 33 heavy (non-hydrogen) atoms. The largest absolute Gasteiger partial charge is 0.485 e. The summed E-state index contributed by atoms with van der Waals surface area (Å²) in [5.74, 6) is 1.53. The first kappa shape index (κ1) is 26.4. The highest BCUT2D eigenvalue weighted by atomic mass is 16.6. The highest BCUT2D eigenvalue weighted by Crippen LogP contribution is 2.36. The quantitative estimate of drug-likeness (QED) is 0.132. The Labute approximate surface area is 196 Å². The molecule has 0 spiro atoms. The molecule has 7 nitrogen and oxygen atoms in total. The molecule has 0 aliphatic heterocycles. The molecule has 1 aromatic heterocycles. The predicted octanol–water partition coefficient (Wildman–Crippen LogP) is 7.00. The molecule has 1 atom stereocenters. The second-order valence-corrected chi connectivity index (χ2v) is 8.55. The highest BCUT2D eigenvalue weighted by molar-refractivity contribution is 5.89. The SMILES string of the molecule is CC=C(CC)Oc1c(OCC(C)CCC)c(=O)n(CCCCCC)c2cc([N+](=O)[O-])ccc12. The van der Waals surface area contributed by atoms with Crippen LogP contribution < -0.4 is 15.0 Å². The van der Waals surface area contributed by atoms with Crippen LogP contribution in [0.5, 0.6) is 11.5 Å². The molecule has 0 saturated carbocycles. The van der Waals surface area contributed by atoms with E-state index < -0.39 is 4.92 Å². The van der Waals surface area contributed by atoms with E-state index in [9.17, 15) is 14.9 Å². The fraction of sp³-hybridized carbons (Fsp3) is 0.577. The lowest BCUT2D eigenvalue weighted by molar-refractivity contribution is -0.384. The summed E-state index contributed by atoms with van der Waals surface area (Å²) in [6, 6.07) is 4.58. The topological polar surface area (TPSA) is 83.6 Å². The Morgan fingerprint density at radius 1 is 1.15 bits per heavy atom. The zero-order valence-electron chi connectivity index (χ0n) is 20.7. The first-order valence-corrected chi connectivity index (χ1v) is 12.2. The normalized spacial score (nSPS) is 12.7. The van der Waals surface area contributed by atoms with Crippen LogP contribution in [0.15, 0.2) is 34.8 Å². The monoisotopic (exact) mass is 458 g/mol. The Morgan fingerprint density at radius 3 is 2.52 bits per heavy atom. The summed E-state index contributed by atoms with van der Waals surface area (Å²) >= 11 is 0. The van der Waals surface area contributed by atoms with Crippen LogP contribution >= 0.6 is 0 Å². The Hall–Kier alpha value is -2.83. The minimum atomic E-state index is -0.438. The summed E-state index contributed by atoms with van der Waals surface area (Å²) < 4.78 is 13.9. The molecule has 1 unspecified atom stereocenters. The number of non-ortho nitro benzene ring substituents is 1. The van der Waals surface area contributed by atoms with E-state index in [-0.39, 0.29) is 17.0 Å². The van der Waals surface area contributed by atoms with Crippen LogP contribution in [0.4, 0.5) is 5.69 Å². The molecule has 7 heteroatoms. The summed E-state index contributed by atoms with van der Waals surface area (Å²) in [6.07, 6.45) is 8.50. The predicted molar refractivity (Wildman–Crippen MR) is 133 cm³/mol. The molecule has 0 radical (unpaired) electrons. The van der Waals surface area contributed by atoms with Gasteiger partial charge in [0.2, 0.25) is 5.75 Å². The molecular formula is C26H38N2O5. The summed E-state index contributed by atoms with van der Waals surface area (Å²) in [5, 5.41) is 12.1. The lowest BCUT2D eigenvalue weighted by atomic mass is 10.1. The van der Waals surface area contributed by atoms with Crippen molar-refractivity contribution < 1.29 is 14.4 Å². The number of rotatable bonds is 14. The van der Waals surface area contributed by atoms with Crippen molar-refractivity contribution in [3.8, 4) is 11.5 Å². The maximum absolute atomic E-state index is 13.6. The Morgan fingerprint density at radius 2 is 1.91 bits per heavy atom. The van der Waals surface area contributed by atoms with E-state index in [1.165, 1.54) is 12.1 Å². The smallest absolute Gasteiger partial charge is 0.297 e. The van der Waals surface area contributed by atoms with Gasteiger partial charge in [0.05, 0.1) is 22.8 Å². The highest BCUT2D eigenvalue weighted by Gasteiger charge is 2.23. The summed E-state index contributed by atoms with van der Waals surface area (Å²) in [5.41, 5.74) is 0.146. The molecule has 0 amide bonds. The van der Waals surface area contributed by atoms with Gasteiger partial charge in [0.15, 0.2) is 5.75 Å². The van der Waals surface area contributed by atoms with Crippen LogP contribution in [0.25, 0.3) is 10.9 Å². The zero-order valence-corrected chi connectivity index (χ0v) is 20.7. The molecule has 1 heterocycles. The number of benzene rings is 1. The maximum Gasteiger partial charge on any atom is 0.297 e. The van der Waals surface area contributed by atoms with Gasteiger partial charge in [-0.3, -0.25) is 14.9 Å². The Bertz CT molecular complexity index is 1030. The number of hydrogen-bond donors (Lipinski definition) is 0. The average Bonchev–Trinajstić information content (AvgIpc) is 2.80. The molecule has 0 aliphatic rings. The molecule has 0 bridgehead atoms. The van der Waals surface area contributed by atoms with Gasteiger partial charge in [-0.15, -0.1) is 0 Å². The van der Waals surface area contributed by atoms with E-state index in [4.69, 9.17) is 9.47 Å². The van der Waals surface area contributed by atoms with Gasteiger partial charge in [0.1, 0.15) is 0 Å². The fourth-order valence-corrected chi connectivity index (χ4v) is 3.92. The van der Waals surface area contributed by atoms with Gasteiger partial charge in [-0.2, -0.15) is 0 Å². The third-order valence-corrected chi connectivity index (χ3v) is 5.81. The molecular weight excluding hydrogens is 420 g/mol. The van der Waals surface area contributed by atoms with Gasteiger partial charge in [0, 0.05) is 30.5 Å². The molecule has 0 saturated heterocycles. The van der Waals surface area contributed by atoms with Gasteiger partial charge < -0.3 is 14.0 Å². The lowest BCUT2D eigenvalue weighted by Crippen LogP contribution is -2.25. The van der Waals surface area contributed by atoms with Crippen LogP contribution in [-0.2, 0) is 6.54 Å². The fourth-order valence-electron chi connectivity index (χ4n) is 3.92. The molecule has 2 aromatic rings. The first-order chi connectivity index (χ1) is 15.9. The molecule has 1 aromatic carbocycles. The minimum absolute atomic E-state index is 0.0536. The van der Waals surface area contributed by atoms with Crippen molar-refractivity contribution in [1.29, 1.82) is 0 Å². The molecule has 182 valence electrons. The van der Waals surface area contributed by atoms with Gasteiger partial charge in [0.25, 0.3) is 11.2 Å². The zero-order chi connectivity index (χ0) is 24.4. The number of hydrogen-bond acceptors (Lipinski definition) is 5. The van der Waals surface area contributed by atoms with Gasteiger partial charge in [-0.25, -0.2) is 0 Å². The van der Waals surface area contributed by atoms with Gasteiger partial charge >= 0.3 is 0 Å². The number of allylic oxidation sites excluding steroid dienone is 2. The minimum Gasteiger partial charge on any atom is -0.485 e. The second-order valence-electron chi connectivity index (χ2n) is 8.55. The third-order valence-electron chi connectivity index (χ3n) is 5.81. The molecule has 0 N–H and O–H groups in total. The van der Waals surface area contributed by atoms with Crippen LogP contribution in [0, 0.1) is 16.0 Å². The van der Waals surface area contributed by atoms with E-state index in [0.29, 0.717) is 47.9 Å². The van der Waals surface area contributed by atoms with Crippen molar-refractivity contribution in [2.75, 3.05) is 6.61 Å². The first-order valence-electron chi connectivity index (χ1n) is 12.2. The van der Waals surface area contributed by atoms with E-state index in [0.717, 1.165) is 38.5 Å². The number of ether oxygens (including phenoxy) is 2. The number of unbranched alkanes of at least 4 members (excludes halogenated alkanes) is 3. The van der Waals surface area contributed by atoms with Gasteiger partial charge in [-0.05, 0) is 37.8 Å². The van der Waals surface area contributed by atoms with Crippen LogP contribution in [0.1, 0.15) is 79.6 Å². The number of fused-ring (bicyclic) bond motifs is 1. The van der Waals surface area contributed by atoms with Crippen LogP contribution in [-0.4, -0.2) is 16.1 Å². The van der Waals surface area contributed by atoms with Crippen molar-refractivity contribution in [1.82, 2.24) is 4.57 Å². The van der Waals surface area contributed by atoms with E-state index in [1.807, 2.05) is 19.9 Å². The van der Waals surface area contributed by atoms with Crippen molar-refractivity contribution in [2.45, 2.75) is 86.1 Å². The second kappa shape index (κ2) is 13.0. The molecule has 0 aliphatic carbocycles.